The Morgan fingerprint density at radius 1 is 1.25 bits per heavy atom. The molecule has 0 atom stereocenters. The van der Waals surface area contributed by atoms with Gasteiger partial charge in [0.2, 0.25) is 5.88 Å². The molecule has 1 amide bonds. The quantitative estimate of drug-likeness (QED) is 0.484. The monoisotopic (exact) mass is 438 g/mol. The van der Waals surface area contributed by atoms with Gasteiger partial charge in [-0.25, -0.2) is 19.3 Å². The zero-order valence-corrected chi connectivity index (χ0v) is 18.5. The van der Waals surface area contributed by atoms with Crippen LogP contribution in [0.25, 0.3) is 28.1 Å². The molecule has 4 aromatic heterocycles. The van der Waals surface area contributed by atoms with Gasteiger partial charge in [0.1, 0.15) is 29.3 Å². The highest BCUT2D eigenvalue weighted by Gasteiger charge is 2.26. The first-order chi connectivity index (χ1) is 15.3. The second-order valence-electron chi connectivity index (χ2n) is 8.10. The minimum Gasteiger partial charge on any atom is -0.475 e. The molecular formula is C22H26N6O4. The molecule has 0 aliphatic carbocycles. The van der Waals surface area contributed by atoms with E-state index in [2.05, 4.69) is 15.1 Å². The SMILES string of the molecule is CCN(C(=O)OC(C)(C)C)c1nccc2oc(-c3cnc4ccc(OCCN)nn34)cc12. The van der Waals surface area contributed by atoms with Gasteiger partial charge >= 0.3 is 6.09 Å². The molecule has 2 N–H and O–H groups in total. The van der Waals surface area contributed by atoms with E-state index in [9.17, 15) is 4.79 Å². The van der Waals surface area contributed by atoms with Crippen molar-refractivity contribution in [2.75, 3.05) is 24.6 Å². The van der Waals surface area contributed by atoms with Gasteiger partial charge in [-0.2, -0.15) is 0 Å². The minimum atomic E-state index is -0.619. The Bertz CT molecular complexity index is 1260. The summed E-state index contributed by atoms with van der Waals surface area (Å²) in [6.07, 6.45) is 2.80. The number of aromatic nitrogens is 4. The van der Waals surface area contributed by atoms with E-state index in [0.717, 1.165) is 0 Å². The first kappa shape index (κ1) is 21.6. The van der Waals surface area contributed by atoms with Crippen LogP contribution in [-0.2, 0) is 4.74 Å². The highest BCUT2D eigenvalue weighted by atomic mass is 16.6. The average molecular weight is 438 g/mol. The number of hydrogen-bond donors (Lipinski definition) is 1. The molecule has 4 aromatic rings. The number of ether oxygens (including phenoxy) is 2. The first-order valence-corrected chi connectivity index (χ1v) is 10.4. The maximum absolute atomic E-state index is 12.8. The maximum atomic E-state index is 12.8. The van der Waals surface area contributed by atoms with Crippen LogP contribution in [0.15, 0.2) is 41.1 Å². The van der Waals surface area contributed by atoms with Gasteiger partial charge in [-0.1, -0.05) is 0 Å². The number of nitrogens with zero attached hydrogens (tertiary/aromatic N) is 5. The molecule has 0 aliphatic rings. The third kappa shape index (κ3) is 4.22. The smallest absolute Gasteiger partial charge is 0.416 e. The van der Waals surface area contributed by atoms with E-state index in [4.69, 9.17) is 19.6 Å². The number of amides is 1. The Hall–Kier alpha value is -3.66. The largest absolute Gasteiger partial charge is 0.475 e. The number of hydrogen-bond acceptors (Lipinski definition) is 8. The van der Waals surface area contributed by atoms with Crippen molar-refractivity contribution in [3.05, 3.63) is 36.7 Å². The summed E-state index contributed by atoms with van der Waals surface area (Å²) >= 11 is 0. The summed E-state index contributed by atoms with van der Waals surface area (Å²) in [6, 6.07) is 7.11. The van der Waals surface area contributed by atoms with E-state index >= 15 is 0 Å². The lowest BCUT2D eigenvalue weighted by Gasteiger charge is -2.26. The molecular weight excluding hydrogens is 412 g/mol. The molecule has 0 fully saturated rings. The van der Waals surface area contributed by atoms with E-state index in [1.54, 1.807) is 35.1 Å². The van der Waals surface area contributed by atoms with Crippen molar-refractivity contribution in [1.82, 2.24) is 19.6 Å². The van der Waals surface area contributed by atoms with Crippen LogP contribution >= 0.6 is 0 Å². The van der Waals surface area contributed by atoms with Crippen molar-refractivity contribution in [3.63, 3.8) is 0 Å². The van der Waals surface area contributed by atoms with Gasteiger partial charge in [0.15, 0.2) is 11.4 Å². The summed E-state index contributed by atoms with van der Waals surface area (Å²) in [5, 5.41) is 5.16. The Morgan fingerprint density at radius 2 is 2.06 bits per heavy atom. The number of imidazole rings is 1. The lowest BCUT2D eigenvalue weighted by Crippen LogP contribution is -2.37. The van der Waals surface area contributed by atoms with Crippen LogP contribution in [0.5, 0.6) is 5.88 Å². The molecule has 0 bridgehead atoms. The third-order valence-corrected chi connectivity index (χ3v) is 4.57. The Balaban J connectivity index is 1.76. The van der Waals surface area contributed by atoms with E-state index < -0.39 is 11.7 Å². The summed E-state index contributed by atoms with van der Waals surface area (Å²) in [5.74, 6) is 1.43. The van der Waals surface area contributed by atoms with Crippen LogP contribution in [0.3, 0.4) is 0 Å². The minimum absolute atomic E-state index is 0.361. The summed E-state index contributed by atoms with van der Waals surface area (Å²) < 4.78 is 18.8. The fourth-order valence-corrected chi connectivity index (χ4v) is 3.24. The van der Waals surface area contributed by atoms with Crippen LogP contribution in [0.4, 0.5) is 10.6 Å². The summed E-state index contributed by atoms with van der Waals surface area (Å²) in [4.78, 5) is 23.1. The molecule has 0 saturated carbocycles. The standard InChI is InChI=1S/C22H26N6O4/c1-5-27(21(29)32-22(2,3)4)20-14-12-17(31-16(14)8-10-24-20)15-13-25-18-6-7-19(26-28(15)18)30-11-9-23/h6-8,10,12-13H,5,9,11,23H2,1-4H3. The lowest BCUT2D eigenvalue weighted by molar-refractivity contribution is 0.0581. The summed E-state index contributed by atoms with van der Waals surface area (Å²) in [7, 11) is 0. The van der Waals surface area contributed by atoms with Crippen molar-refractivity contribution in [2.24, 2.45) is 5.73 Å². The predicted molar refractivity (Wildman–Crippen MR) is 120 cm³/mol. The first-order valence-electron chi connectivity index (χ1n) is 10.4. The van der Waals surface area contributed by atoms with Gasteiger partial charge < -0.3 is 19.6 Å². The second kappa shape index (κ2) is 8.46. The topological polar surface area (TPSA) is 121 Å². The number of carbonyl (C=O) groups excluding carboxylic acids is 1. The van der Waals surface area contributed by atoms with Crippen LogP contribution in [0, 0.1) is 0 Å². The molecule has 4 rings (SSSR count). The molecule has 0 unspecified atom stereocenters. The Kier molecular flexibility index (Phi) is 5.70. The number of anilines is 1. The van der Waals surface area contributed by atoms with Crippen LogP contribution in [0.1, 0.15) is 27.7 Å². The Labute approximate surface area is 184 Å². The van der Waals surface area contributed by atoms with Crippen molar-refractivity contribution < 1.29 is 18.7 Å². The second-order valence-corrected chi connectivity index (χ2v) is 8.10. The van der Waals surface area contributed by atoms with E-state index in [-0.39, 0.29) is 0 Å². The van der Waals surface area contributed by atoms with Gasteiger partial charge in [0, 0.05) is 25.4 Å². The molecule has 4 heterocycles. The lowest BCUT2D eigenvalue weighted by atomic mass is 10.2. The third-order valence-electron chi connectivity index (χ3n) is 4.57. The molecule has 168 valence electrons. The molecule has 0 aromatic carbocycles. The van der Waals surface area contributed by atoms with Crippen LogP contribution in [-0.4, -0.2) is 51.0 Å². The highest BCUT2D eigenvalue weighted by molar-refractivity contribution is 5.99. The fraction of sp³-hybridized carbons (Fsp3) is 0.364. The normalized spacial score (nSPS) is 11.8. The number of pyridine rings is 1. The summed E-state index contributed by atoms with van der Waals surface area (Å²) in [5.41, 5.74) is 6.75. The predicted octanol–water partition coefficient (Wildman–Crippen LogP) is 3.64. The number of carbonyl (C=O) groups is 1. The zero-order chi connectivity index (χ0) is 22.9. The van der Waals surface area contributed by atoms with Gasteiger partial charge in [-0.15, -0.1) is 5.10 Å². The highest BCUT2D eigenvalue weighted by Crippen LogP contribution is 2.33. The van der Waals surface area contributed by atoms with Crippen molar-refractivity contribution in [2.45, 2.75) is 33.3 Å². The molecule has 32 heavy (non-hydrogen) atoms. The molecule has 10 nitrogen and oxygen atoms in total. The van der Waals surface area contributed by atoms with E-state index in [0.29, 0.717) is 59.5 Å². The maximum Gasteiger partial charge on any atom is 0.416 e. The summed E-state index contributed by atoms with van der Waals surface area (Å²) in [6.45, 7) is 8.48. The Morgan fingerprint density at radius 3 is 2.78 bits per heavy atom. The van der Waals surface area contributed by atoms with Crippen LogP contribution < -0.4 is 15.4 Å². The molecule has 0 spiro atoms. The fourth-order valence-electron chi connectivity index (χ4n) is 3.24. The number of rotatable bonds is 6. The van der Waals surface area contributed by atoms with E-state index in [1.165, 1.54) is 4.90 Å². The number of nitrogens with two attached hydrogens (primary N) is 1. The van der Waals surface area contributed by atoms with Gasteiger partial charge in [0.25, 0.3) is 0 Å². The number of fused-ring (bicyclic) bond motifs is 2. The van der Waals surface area contributed by atoms with Crippen molar-refractivity contribution in [3.8, 4) is 17.3 Å². The van der Waals surface area contributed by atoms with E-state index in [1.807, 2.05) is 33.8 Å². The van der Waals surface area contributed by atoms with Crippen molar-refractivity contribution in [1.29, 1.82) is 0 Å². The molecule has 10 heteroatoms. The molecule has 0 aliphatic heterocycles. The molecule has 0 radical (unpaired) electrons. The van der Waals surface area contributed by atoms with Gasteiger partial charge in [-0.05, 0) is 45.9 Å². The van der Waals surface area contributed by atoms with Gasteiger partial charge in [0.05, 0.1) is 11.6 Å². The van der Waals surface area contributed by atoms with Crippen molar-refractivity contribution >= 4 is 28.5 Å². The average Bonchev–Trinajstić information content (AvgIpc) is 3.35. The molecule has 0 saturated heterocycles. The number of furan rings is 1. The van der Waals surface area contributed by atoms with Gasteiger partial charge in [-0.3, -0.25) is 4.90 Å². The van der Waals surface area contributed by atoms with Crippen LogP contribution in [0.2, 0.25) is 0 Å². The zero-order valence-electron chi connectivity index (χ0n) is 18.5.